The highest BCUT2D eigenvalue weighted by Crippen LogP contribution is 2.39. The number of hydrogen-bond donors (Lipinski definition) is 0. The zero-order chi connectivity index (χ0) is 20.5. The summed E-state index contributed by atoms with van der Waals surface area (Å²) in [7, 11) is 0. The van der Waals surface area contributed by atoms with E-state index in [1.54, 1.807) is 18.2 Å². The lowest BCUT2D eigenvalue weighted by Crippen LogP contribution is -2.00. The Bertz CT molecular complexity index is 1140. The Morgan fingerprint density at radius 1 is 1.03 bits per heavy atom. The van der Waals surface area contributed by atoms with Gasteiger partial charge >= 0.3 is 0 Å². The third-order valence-corrected chi connectivity index (χ3v) is 5.46. The van der Waals surface area contributed by atoms with Crippen molar-refractivity contribution in [3.8, 4) is 11.5 Å². The van der Waals surface area contributed by atoms with Gasteiger partial charge in [-0.05, 0) is 61.7 Å². The highest BCUT2D eigenvalue weighted by molar-refractivity contribution is 6.32. The summed E-state index contributed by atoms with van der Waals surface area (Å²) in [5.74, 6) is 1.37. The molecule has 0 aromatic heterocycles. The summed E-state index contributed by atoms with van der Waals surface area (Å²) in [4.78, 5) is 12.8. The number of ether oxygens (including phenoxy) is 2. The Labute approximate surface area is 175 Å². The maximum Gasteiger partial charge on any atom is 0.231 e. The van der Waals surface area contributed by atoms with Gasteiger partial charge in [0.05, 0.1) is 5.56 Å². The van der Waals surface area contributed by atoms with Gasteiger partial charge in [-0.3, -0.25) is 4.79 Å². The van der Waals surface area contributed by atoms with E-state index in [1.165, 1.54) is 11.1 Å². The van der Waals surface area contributed by atoms with Crippen molar-refractivity contribution in [2.24, 2.45) is 0 Å². The molecule has 3 aromatic rings. The van der Waals surface area contributed by atoms with E-state index in [4.69, 9.17) is 21.1 Å². The molecule has 4 heteroatoms. The molecule has 146 valence electrons. The van der Waals surface area contributed by atoms with E-state index in [-0.39, 0.29) is 11.5 Å². The second kappa shape index (κ2) is 7.76. The Hall–Kier alpha value is -3.04. The number of rotatable bonds is 4. The zero-order valence-electron chi connectivity index (χ0n) is 16.6. The first-order valence-electron chi connectivity index (χ1n) is 9.45. The molecule has 0 fully saturated rings. The van der Waals surface area contributed by atoms with Crippen LogP contribution in [0.1, 0.15) is 38.2 Å². The summed E-state index contributed by atoms with van der Waals surface area (Å²) in [6, 6.07) is 17.3. The van der Waals surface area contributed by atoms with Crippen molar-refractivity contribution < 1.29 is 14.3 Å². The normalized spacial score (nSPS) is 14.1. The molecular formula is C25H21ClO3. The molecule has 0 N–H and O–H groups in total. The lowest BCUT2D eigenvalue weighted by atomic mass is 10.1. The fourth-order valence-corrected chi connectivity index (χ4v) is 3.56. The quantitative estimate of drug-likeness (QED) is 0.468. The summed E-state index contributed by atoms with van der Waals surface area (Å²) in [6.45, 7) is 6.50. The minimum Gasteiger partial charge on any atom is -0.488 e. The highest BCUT2D eigenvalue weighted by atomic mass is 35.5. The smallest absolute Gasteiger partial charge is 0.231 e. The van der Waals surface area contributed by atoms with Gasteiger partial charge < -0.3 is 9.47 Å². The number of fused-ring (bicyclic) bond motifs is 1. The number of ketones is 1. The fourth-order valence-electron chi connectivity index (χ4n) is 3.37. The van der Waals surface area contributed by atoms with Crippen LogP contribution in [0.5, 0.6) is 11.5 Å². The molecular weight excluding hydrogens is 384 g/mol. The van der Waals surface area contributed by atoms with Crippen molar-refractivity contribution >= 4 is 23.5 Å². The second-order valence-corrected chi connectivity index (χ2v) is 7.65. The van der Waals surface area contributed by atoms with Crippen molar-refractivity contribution in [1.82, 2.24) is 0 Å². The number of Topliss-reactive ketones (excluding diaryl/α,β-unsaturated/α-hetero) is 1. The molecule has 1 aliphatic heterocycles. The second-order valence-electron chi connectivity index (χ2n) is 7.25. The van der Waals surface area contributed by atoms with Gasteiger partial charge in [0, 0.05) is 10.6 Å². The van der Waals surface area contributed by atoms with Crippen LogP contribution in [-0.4, -0.2) is 5.78 Å². The van der Waals surface area contributed by atoms with Crippen LogP contribution in [-0.2, 0) is 6.61 Å². The first-order valence-corrected chi connectivity index (χ1v) is 9.83. The van der Waals surface area contributed by atoms with Gasteiger partial charge in [0.15, 0.2) is 5.76 Å². The van der Waals surface area contributed by atoms with Gasteiger partial charge in [-0.25, -0.2) is 0 Å². The molecule has 0 saturated heterocycles. The predicted molar refractivity (Wildman–Crippen MR) is 116 cm³/mol. The molecule has 0 saturated carbocycles. The summed E-state index contributed by atoms with van der Waals surface area (Å²) < 4.78 is 12.0. The monoisotopic (exact) mass is 404 g/mol. The standard InChI is InChI=1S/C25H21ClO3/c1-15-8-9-16(2)19(12-15)14-28-22-11-10-20-24(27)23(29-25(20)17(22)3)13-18-6-4-5-7-21(18)26/h4-13H,14H2,1-3H3/b23-13-. The molecule has 0 bridgehead atoms. The Balaban J connectivity index is 1.60. The summed E-state index contributed by atoms with van der Waals surface area (Å²) in [5.41, 5.74) is 5.62. The number of allylic oxidation sites excluding steroid dienone is 1. The zero-order valence-corrected chi connectivity index (χ0v) is 17.3. The molecule has 0 atom stereocenters. The fraction of sp³-hybridized carbons (Fsp3) is 0.160. The van der Waals surface area contributed by atoms with Crippen LogP contribution in [0.15, 0.2) is 60.4 Å². The van der Waals surface area contributed by atoms with Crippen LogP contribution < -0.4 is 9.47 Å². The maximum atomic E-state index is 12.8. The Morgan fingerprint density at radius 3 is 2.62 bits per heavy atom. The Kier molecular flexibility index (Phi) is 5.16. The first-order chi connectivity index (χ1) is 13.9. The molecule has 0 aliphatic carbocycles. The Morgan fingerprint density at radius 2 is 1.83 bits per heavy atom. The van der Waals surface area contributed by atoms with Crippen molar-refractivity contribution in [2.45, 2.75) is 27.4 Å². The molecule has 3 aromatic carbocycles. The SMILES string of the molecule is Cc1ccc(C)c(COc2ccc3c(c2C)O/C(=C\c2ccccc2Cl)C3=O)c1. The molecule has 0 spiro atoms. The van der Waals surface area contributed by atoms with Crippen LogP contribution in [0.4, 0.5) is 0 Å². The third-order valence-electron chi connectivity index (χ3n) is 5.12. The van der Waals surface area contributed by atoms with Gasteiger partial charge in [-0.2, -0.15) is 0 Å². The van der Waals surface area contributed by atoms with E-state index in [0.717, 1.165) is 16.7 Å². The van der Waals surface area contributed by atoms with Gasteiger partial charge in [0.2, 0.25) is 5.78 Å². The molecule has 3 nitrogen and oxygen atoms in total. The summed E-state index contributed by atoms with van der Waals surface area (Å²) in [5, 5.41) is 0.571. The number of carbonyl (C=O) groups is 1. The molecule has 0 radical (unpaired) electrons. The number of halogens is 1. The van der Waals surface area contributed by atoms with E-state index in [0.29, 0.717) is 28.7 Å². The minimum absolute atomic E-state index is 0.149. The van der Waals surface area contributed by atoms with E-state index < -0.39 is 0 Å². The molecule has 1 aliphatic rings. The number of aryl methyl sites for hydroxylation is 2. The topological polar surface area (TPSA) is 35.5 Å². The molecule has 0 unspecified atom stereocenters. The highest BCUT2D eigenvalue weighted by Gasteiger charge is 2.30. The van der Waals surface area contributed by atoms with Crippen LogP contribution in [0.25, 0.3) is 6.08 Å². The largest absolute Gasteiger partial charge is 0.488 e. The van der Waals surface area contributed by atoms with Gasteiger partial charge in [-0.15, -0.1) is 0 Å². The van der Waals surface area contributed by atoms with Crippen molar-refractivity contribution in [3.63, 3.8) is 0 Å². The van der Waals surface area contributed by atoms with Crippen molar-refractivity contribution in [2.75, 3.05) is 0 Å². The minimum atomic E-state index is -0.149. The summed E-state index contributed by atoms with van der Waals surface area (Å²) >= 11 is 6.21. The number of hydrogen-bond acceptors (Lipinski definition) is 3. The third kappa shape index (κ3) is 3.79. The lowest BCUT2D eigenvalue weighted by Gasteiger charge is -2.13. The maximum absolute atomic E-state index is 12.8. The average Bonchev–Trinajstić information content (AvgIpc) is 3.02. The van der Waals surface area contributed by atoms with Crippen LogP contribution in [0.3, 0.4) is 0 Å². The van der Waals surface area contributed by atoms with E-state index in [1.807, 2.05) is 31.2 Å². The molecule has 1 heterocycles. The lowest BCUT2D eigenvalue weighted by molar-refractivity contribution is 0.101. The first kappa shape index (κ1) is 19.3. The van der Waals surface area contributed by atoms with E-state index in [2.05, 4.69) is 32.0 Å². The van der Waals surface area contributed by atoms with Gasteiger partial charge in [0.25, 0.3) is 0 Å². The molecule has 0 amide bonds. The van der Waals surface area contributed by atoms with Gasteiger partial charge in [0.1, 0.15) is 18.1 Å². The van der Waals surface area contributed by atoms with Crippen LogP contribution in [0, 0.1) is 20.8 Å². The van der Waals surface area contributed by atoms with E-state index >= 15 is 0 Å². The molecule has 29 heavy (non-hydrogen) atoms. The van der Waals surface area contributed by atoms with Crippen LogP contribution >= 0.6 is 11.6 Å². The van der Waals surface area contributed by atoms with E-state index in [9.17, 15) is 4.79 Å². The van der Waals surface area contributed by atoms with Crippen molar-refractivity contribution in [3.05, 3.63) is 98.8 Å². The molecule has 4 rings (SSSR count). The summed E-state index contributed by atoms with van der Waals surface area (Å²) in [6.07, 6.45) is 1.68. The van der Waals surface area contributed by atoms with Crippen LogP contribution in [0.2, 0.25) is 5.02 Å². The van der Waals surface area contributed by atoms with Gasteiger partial charge in [-0.1, -0.05) is 53.6 Å². The number of benzene rings is 3. The average molecular weight is 405 g/mol. The predicted octanol–water partition coefficient (Wildman–Crippen LogP) is 6.46. The number of carbonyl (C=O) groups excluding carboxylic acids is 1. The van der Waals surface area contributed by atoms with Crippen molar-refractivity contribution in [1.29, 1.82) is 0 Å².